The van der Waals surface area contributed by atoms with E-state index in [4.69, 9.17) is 10.8 Å². The first-order valence-electron chi connectivity index (χ1n) is 7.47. The number of nitrogens with two attached hydrogens (primary N) is 1. The van der Waals surface area contributed by atoms with Gasteiger partial charge in [-0.3, -0.25) is 0 Å². The molecule has 0 saturated heterocycles. The first-order valence-corrected chi connectivity index (χ1v) is 7.47. The van der Waals surface area contributed by atoms with Gasteiger partial charge in [0.1, 0.15) is 0 Å². The zero-order valence-corrected chi connectivity index (χ0v) is 11.3. The van der Waals surface area contributed by atoms with Crippen LogP contribution in [0.4, 0.5) is 5.82 Å². The lowest BCUT2D eigenvalue weighted by molar-refractivity contribution is -0.00423. The lowest BCUT2D eigenvalue weighted by Crippen LogP contribution is -2.44. The Labute approximate surface area is 117 Å². The van der Waals surface area contributed by atoms with Gasteiger partial charge in [0.25, 0.3) is 0 Å². The van der Waals surface area contributed by atoms with E-state index >= 15 is 0 Å². The summed E-state index contributed by atoms with van der Waals surface area (Å²) in [7, 11) is 0. The molecule has 4 bridgehead atoms. The van der Waals surface area contributed by atoms with Gasteiger partial charge in [-0.05, 0) is 55.8 Å². The van der Waals surface area contributed by atoms with Crippen molar-refractivity contribution in [1.82, 2.24) is 9.97 Å². The Kier molecular flexibility index (Phi) is 2.53. The number of hydrogen-bond acceptors (Lipinski definition) is 4. The van der Waals surface area contributed by atoms with Crippen molar-refractivity contribution in [3.8, 4) is 0 Å². The highest BCUT2D eigenvalue weighted by Crippen LogP contribution is 2.59. The Balaban J connectivity index is 1.68. The molecule has 4 aliphatic carbocycles. The molecule has 0 spiro atoms. The maximum atomic E-state index is 11.0. The summed E-state index contributed by atoms with van der Waals surface area (Å²) >= 11 is 0. The number of carboxylic acid groups (broad SMARTS) is 1. The van der Waals surface area contributed by atoms with Crippen LogP contribution in [0.2, 0.25) is 0 Å². The molecule has 4 saturated carbocycles. The lowest BCUT2D eigenvalue weighted by atomic mass is 9.51. The number of aromatic nitrogens is 2. The Morgan fingerprint density at radius 3 is 2.25 bits per heavy atom. The Morgan fingerprint density at radius 2 is 1.75 bits per heavy atom. The second kappa shape index (κ2) is 4.17. The average Bonchev–Trinajstić information content (AvgIpc) is 2.37. The van der Waals surface area contributed by atoms with Crippen LogP contribution in [0, 0.1) is 23.7 Å². The summed E-state index contributed by atoms with van der Waals surface area (Å²) in [4.78, 5) is 19.4. The maximum absolute atomic E-state index is 11.0. The number of hydrogen-bond donors (Lipinski definition) is 2. The highest BCUT2D eigenvalue weighted by molar-refractivity contribution is 5.90. The van der Waals surface area contributed by atoms with Gasteiger partial charge in [0.15, 0.2) is 11.5 Å². The molecule has 5 nitrogen and oxygen atoms in total. The Hall–Kier alpha value is -1.65. The molecule has 0 radical (unpaired) electrons. The van der Waals surface area contributed by atoms with Crippen molar-refractivity contribution in [3.63, 3.8) is 0 Å². The highest BCUT2D eigenvalue weighted by atomic mass is 16.4. The van der Waals surface area contributed by atoms with Crippen LogP contribution < -0.4 is 5.73 Å². The number of carboxylic acids is 1. The van der Waals surface area contributed by atoms with Crippen molar-refractivity contribution in [2.24, 2.45) is 23.7 Å². The zero-order valence-electron chi connectivity index (χ0n) is 11.3. The lowest BCUT2D eigenvalue weighted by Gasteiger charge is -2.54. The fourth-order valence-electron chi connectivity index (χ4n) is 5.15. The predicted octanol–water partition coefficient (Wildman–Crippen LogP) is 2.30. The van der Waals surface area contributed by atoms with Crippen LogP contribution in [0.3, 0.4) is 0 Å². The summed E-state index contributed by atoms with van der Waals surface area (Å²) in [5, 5.41) is 8.99. The number of anilines is 1. The van der Waals surface area contributed by atoms with Gasteiger partial charge >= 0.3 is 5.97 Å². The van der Waals surface area contributed by atoms with Crippen molar-refractivity contribution in [3.05, 3.63) is 17.6 Å². The largest absolute Gasteiger partial charge is 0.476 e. The predicted molar refractivity (Wildman–Crippen MR) is 73.2 cm³/mol. The third kappa shape index (κ3) is 1.72. The maximum Gasteiger partial charge on any atom is 0.358 e. The smallest absolute Gasteiger partial charge is 0.358 e. The molecule has 0 aliphatic heterocycles. The summed E-state index contributed by atoms with van der Waals surface area (Å²) in [6.45, 7) is 0. The molecule has 4 aliphatic rings. The van der Waals surface area contributed by atoms with E-state index in [0.717, 1.165) is 17.5 Å². The summed E-state index contributed by atoms with van der Waals surface area (Å²) in [5.74, 6) is 2.64. The summed E-state index contributed by atoms with van der Waals surface area (Å²) in [6.07, 6.45) is 8.29. The van der Waals surface area contributed by atoms with Crippen LogP contribution >= 0.6 is 0 Å². The second-order valence-corrected chi connectivity index (χ2v) is 6.79. The molecule has 0 amide bonds. The molecule has 4 fully saturated rings. The molecular formula is C15H19N3O2. The minimum absolute atomic E-state index is 0.0591. The molecule has 0 unspecified atom stereocenters. The van der Waals surface area contributed by atoms with Crippen LogP contribution in [0.5, 0.6) is 0 Å². The average molecular weight is 273 g/mol. The van der Waals surface area contributed by atoms with Gasteiger partial charge in [-0.1, -0.05) is 0 Å². The molecule has 3 N–H and O–H groups in total. The standard InChI is InChI=1S/C15H19N3O2/c16-14-13(15(19)20)17-6-11(18-14)12-9-2-7-1-8(4-9)5-10(12)3-7/h6-10,12H,1-5H2,(H2,16,18)(H,19,20). The Bertz CT molecular complexity index is 544. The van der Waals surface area contributed by atoms with E-state index in [1.54, 1.807) is 6.20 Å². The van der Waals surface area contributed by atoms with Crippen LogP contribution in [-0.4, -0.2) is 21.0 Å². The van der Waals surface area contributed by atoms with Gasteiger partial charge < -0.3 is 10.8 Å². The van der Waals surface area contributed by atoms with E-state index in [-0.39, 0.29) is 11.5 Å². The summed E-state index contributed by atoms with van der Waals surface area (Å²) in [6, 6.07) is 0. The van der Waals surface area contributed by atoms with Crippen LogP contribution in [0.25, 0.3) is 0 Å². The molecule has 106 valence electrons. The van der Waals surface area contributed by atoms with E-state index in [9.17, 15) is 4.79 Å². The minimum Gasteiger partial charge on any atom is -0.476 e. The van der Waals surface area contributed by atoms with Gasteiger partial charge in [-0.25, -0.2) is 14.8 Å². The molecule has 0 atom stereocenters. The number of nitrogens with zero attached hydrogens (tertiary/aromatic N) is 2. The van der Waals surface area contributed by atoms with Gasteiger partial charge in [0, 0.05) is 12.1 Å². The van der Waals surface area contributed by atoms with Crippen LogP contribution in [-0.2, 0) is 0 Å². The first-order chi connectivity index (χ1) is 9.61. The van der Waals surface area contributed by atoms with E-state index in [2.05, 4.69) is 9.97 Å². The SMILES string of the molecule is Nc1nc(C2C3CC4CC(C3)CC2C4)cnc1C(=O)O. The van der Waals surface area contributed by atoms with E-state index in [1.165, 1.54) is 32.1 Å². The third-order valence-electron chi connectivity index (χ3n) is 5.59. The van der Waals surface area contributed by atoms with Crippen LogP contribution in [0.15, 0.2) is 6.20 Å². The van der Waals surface area contributed by atoms with Gasteiger partial charge in [-0.2, -0.15) is 0 Å². The molecule has 5 rings (SSSR count). The normalized spacial score (nSPS) is 38.1. The minimum atomic E-state index is -1.10. The molecule has 5 heteroatoms. The molecular weight excluding hydrogens is 254 g/mol. The Morgan fingerprint density at radius 1 is 1.15 bits per heavy atom. The van der Waals surface area contributed by atoms with E-state index in [0.29, 0.717) is 17.8 Å². The van der Waals surface area contributed by atoms with Crippen molar-refractivity contribution < 1.29 is 9.90 Å². The molecule has 1 aromatic heterocycles. The summed E-state index contributed by atoms with van der Waals surface area (Å²) in [5.41, 5.74) is 6.55. The van der Waals surface area contributed by atoms with E-state index < -0.39 is 5.97 Å². The van der Waals surface area contributed by atoms with Crippen LogP contribution in [0.1, 0.15) is 54.2 Å². The number of nitrogen functional groups attached to an aromatic ring is 1. The number of aromatic carboxylic acids is 1. The fourth-order valence-corrected chi connectivity index (χ4v) is 5.15. The monoisotopic (exact) mass is 273 g/mol. The molecule has 1 aromatic rings. The zero-order chi connectivity index (χ0) is 13.9. The van der Waals surface area contributed by atoms with Gasteiger partial charge in [0.05, 0.1) is 5.69 Å². The molecule has 20 heavy (non-hydrogen) atoms. The summed E-state index contributed by atoms with van der Waals surface area (Å²) < 4.78 is 0. The van der Waals surface area contributed by atoms with Crippen molar-refractivity contribution in [2.75, 3.05) is 5.73 Å². The van der Waals surface area contributed by atoms with Crippen molar-refractivity contribution in [2.45, 2.75) is 38.0 Å². The highest BCUT2D eigenvalue weighted by Gasteiger charge is 2.49. The fraction of sp³-hybridized carbons (Fsp3) is 0.667. The molecule has 0 aromatic carbocycles. The number of carbonyl (C=O) groups is 1. The second-order valence-electron chi connectivity index (χ2n) is 6.79. The van der Waals surface area contributed by atoms with Gasteiger partial charge in [0.2, 0.25) is 0 Å². The van der Waals surface area contributed by atoms with Crippen molar-refractivity contribution in [1.29, 1.82) is 0 Å². The van der Waals surface area contributed by atoms with E-state index in [1.807, 2.05) is 0 Å². The quantitative estimate of drug-likeness (QED) is 0.863. The third-order valence-corrected chi connectivity index (χ3v) is 5.59. The first kappa shape index (κ1) is 12.1. The molecule has 1 heterocycles. The van der Waals surface area contributed by atoms with Crippen molar-refractivity contribution >= 4 is 11.8 Å². The topological polar surface area (TPSA) is 89.1 Å². The number of rotatable bonds is 2. The van der Waals surface area contributed by atoms with Gasteiger partial charge in [-0.15, -0.1) is 0 Å².